The summed E-state index contributed by atoms with van der Waals surface area (Å²) in [4.78, 5) is 0. The first kappa shape index (κ1) is 12.4. The normalized spacial score (nSPS) is 23.4. The number of hydrogen-bond donors (Lipinski definition) is 1. The van der Waals surface area contributed by atoms with Crippen LogP contribution in [0.3, 0.4) is 0 Å². The van der Waals surface area contributed by atoms with Gasteiger partial charge in [0.25, 0.3) is 0 Å². The van der Waals surface area contributed by atoms with Gasteiger partial charge in [-0.1, -0.05) is 12.1 Å². The summed E-state index contributed by atoms with van der Waals surface area (Å²) in [6.45, 7) is 8.70. The molecule has 0 aromatic heterocycles. The zero-order chi connectivity index (χ0) is 12.3. The third kappa shape index (κ3) is 2.79. The second-order valence-electron chi connectivity index (χ2n) is 4.90. The van der Waals surface area contributed by atoms with E-state index in [0.29, 0.717) is 6.61 Å². The highest BCUT2D eigenvalue weighted by Crippen LogP contribution is 2.33. The van der Waals surface area contributed by atoms with Crippen LogP contribution < -0.4 is 10.1 Å². The van der Waals surface area contributed by atoms with Crippen molar-refractivity contribution in [2.75, 3.05) is 19.8 Å². The van der Waals surface area contributed by atoms with Crippen LogP contribution in [-0.4, -0.2) is 25.3 Å². The fourth-order valence-corrected chi connectivity index (χ4v) is 2.30. The zero-order valence-electron chi connectivity index (χ0n) is 10.8. The van der Waals surface area contributed by atoms with Crippen molar-refractivity contribution in [3.05, 3.63) is 29.8 Å². The van der Waals surface area contributed by atoms with Crippen LogP contribution in [0.1, 0.15) is 32.4 Å². The average Bonchev–Trinajstić information content (AvgIpc) is 2.29. The van der Waals surface area contributed by atoms with Gasteiger partial charge in [-0.2, -0.15) is 0 Å². The van der Waals surface area contributed by atoms with Gasteiger partial charge in [-0.25, -0.2) is 0 Å². The van der Waals surface area contributed by atoms with Crippen molar-refractivity contribution in [1.82, 2.24) is 5.32 Å². The SMILES string of the molecule is CCOc1cccc(C2OCCNC2(C)C)c1. The molecule has 0 saturated carbocycles. The molecular weight excluding hydrogens is 214 g/mol. The molecule has 0 amide bonds. The highest BCUT2D eigenvalue weighted by Gasteiger charge is 2.34. The lowest BCUT2D eigenvalue weighted by Gasteiger charge is -2.39. The van der Waals surface area contributed by atoms with Crippen molar-refractivity contribution < 1.29 is 9.47 Å². The van der Waals surface area contributed by atoms with E-state index in [1.165, 1.54) is 5.56 Å². The van der Waals surface area contributed by atoms with Crippen LogP contribution in [0.25, 0.3) is 0 Å². The molecule has 17 heavy (non-hydrogen) atoms. The van der Waals surface area contributed by atoms with Gasteiger partial charge in [-0.3, -0.25) is 0 Å². The minimum Gasteiger partial charge on any atom is -0.494 e. The van der Waals surface area contributed by atoms with Crippen LogP contribution in [0.4, 0.5) is 0 Å². The van der Waals surface area contributed by atoms with Gasteiger partial charge < -0.3 is 14.8 Å². The maximum Gasteiger partial charge on any atom is 0.119 e. The summed E-state index contributed by atoms with van der Waals surface area (Å²) in [6, 6.07) is 8.18. The van der Waals surface area contributed by atoms with Crippen molar-refractivity contribution in [1.29, 1.82) is 0 Å². The molecule has 1 unspecified atom stereocenters. The lowest BCUT2D eigenvalue weighted by Crippen LogP contribution is -2.51. The molecule has 1 aliphatic heterocycles. The fourth-order valence-electron chi connectivity index (χ4n) is 2.30. The highest BCUT2D eigenvalue weighted by atomic mass is 16.5. The Morgan fingerprint density at radius 2 is 2.29 bits per heavy atom. The average molecular weight is 235 g/mol. The quantitative estimate of drug-likeness (QED) is 0.873. The van der Waals surface area contributed by atoms with E-state index in [2.05, 4.69) is 31.3 Å². The standard InChI is InChI=1S/C14H21NO2/c1-4-16-12-7-5-6-11(10-12)13-14(2,3)15-8-9-17-13/h5-7,10,13,15H,4,8-9H2,1-3H3. The van der Waals surface area contributed by atoms with Gasteiger partial charge in [-0.15, -0.1) is 0 Å². The van der Waals surface area contributed by atoms with Crippen molar-refractivity contribution in [3.8, 4) is 5.75 Å². The molecule has 0 radical (unpaired) electrons. The molecule has 1 aromatic rings. The van der Waals surface area contributed by atoms with Gasteiger partial charge in [0.15, 0.2) is 0 Å². The zero-order valence-corrected chi connectivity index (χ0v) is 10.8. The number of nitrogens with one attached hydrogen (secondary N) is 1. The first-order chi connectivity index (χ1) is 8.13. The second kappa shape index (κ2) is 5.07. The Labute approximate surface area is 103 Å². The van der Waals surface area contributed by atoms with E-state index >= 15 is 0 Å². The molecule has 1 aliphatic rings. The molecule has 0 bridgehead atoms. The Bertz CT molecular complexity index is 376. The predicted molar refractivity (Wildman–Crippen MR) is 68.4 cm³/mol. The highest BCUT2D eigenvalue weighted by molar-refractivity contribution is 5.31. The number of hydrogen-bond acceptors (Lipinski definition) is 3. The number of ether oxygens (including phenoxy) is 2. The van der Waals surface area contributed by atoms with Gasteiger partial charge >= 0.3 is 0 Å². The third-order valence-corrected chi connectivity index (χ3v) is 3.09. The molecular formula is C14H21NO2. The Morgan fingerprint density at radius 3 is 3.00 bits per heavy atom. The van der Waals surface area contributed by atoms with Gasteiger partial charge in [0, 0.05) is 12.1 Å². The molecule has 1 N–H and O–H groups in total. The summed E-state index contributed by atoms with van der Waals surface area (Å²) in [5, 5.41) is 3.49. The van der Waals surface area contributed by atoms with Crippen molar-refractivity contribution in [2.24, 2.45) is 0 Å². The predicted octanol–water partition coefficient (Wildman–Crippen LogP) is 2.52. The molecule has 3 heteroatoms. The molecule has 1 saturated heterocycles. The minimum absolute atomic E-state index is 0.0386. The van der Waals surface area contributed by atoms with Gasteiger partial charge in [0.05, 0.1) is 13.2 Å². The fraction of sp³-hybridized carbons (Fsp3) is 0.571. The molecule has 2 rings (SSSR count). The maximum absolute atomic E-state index is 5.89. The minimum atomic E-state index is -0.0386. The summed E-state index contributed by atoms with van der Waals surface area (Å²) in [7, 11) is 0. The first-order valence-electron chi connectivity index (χ1n) is 6.23. The van der Waals surface area contributed by atoms with Crippen LogP contribution in [0.15, 0.2) is 24.3 Å². The smallest absolute Gasteiger partial charge is 0.119 e. The van der Waals surface area contributed by atoms with E-state index in [1.54, 1.807) is 0 Å². The van der Waals surface area contributed by atoms with Crippen molar-refractivity contribution >= 4 is 0 Å². The van der Waals surface area contributed by atoms with E-state index in [9.17, 15) is 0 Å². The van der Waals surface area contributed by atoms with Gasteiger partial charge in [-0.05, 0) is 38.5 Å². The molecule has 0 spiro atoms. The molecule has 1 aromatic carbocycles. The molecule has 1 fully saturated rings. The maximum atomic E-state index is 5.89. The van der Waals surface area contributed by atoms with Crippen LogP contribution in [0.5, 0.6) is 5.75 Å². The van der Waals surface area contributed by atoms with Crippen LogP contribution in [-0.2, 0) is 4.74 Å². The molecule has 0 aliphatic carbocycles. The summed E-state index contributed by atoms with van der Waals surface area (Å²) >= 11 is 0. The molecule has 1 heterocycles. The molecule has 3 nitrogen and oxygen atoms in total. The Morgan fingerprint density at radius 1 is 1.47 bits per heavy atom. The van der Waals surface area contributed by atoms with E-state index in [0.717, 1.165) is 18.9 Å². The third-order valence-electron chi connectivity index (χ3n) is 3.09. The topological polar surface area (TPSA) is 30.5 Å². The summed E-state index contributed by atoms with van der Waals surface area (Å²) in [5.74, 6) is 0.912. The summed E-state index contributed by atoms with van der Waals surface area (Å²) in [5.41, 5.74) is 1.14. The van der Waals surface area contributed by atoms with Gasteiger partial charge in [0.1, 0.15) is 11.9 Å². The monoisotopic (exact) mass is 235 g/mol. The van der Waals surface area contributed by atoms with Crippen LogP contribution in [0.2, 0.25) is 0 Å². The van der Waals surface area contributed by atoms with Gasteiger partial charge in [0.2, 0.25) is 0 Å². The lowest BCUT2D eigenvalue weighted by atomic mass is 9.90. The van der Waals surface area contributed by atoms with E-state index in [4.69, 9.17) is 9.47 Å². The van der Waals surface area contributed by atoms with Crippen molar-refractivity contribution in [2.45, 2.75) is 32.4 Å². The Hall–Kier alpha value is -1.06. The molecule has 1 atom stereocenters. The van der Waals surface area contributed by atoms with E-state index in [1.807, 2.05) is 19.1 Å². The van der Waals surface area contributed by atoms with E-state index in [-0.39, 0.29) is 11.6 Å². The first-order valence-corrected chi connectivity index (χ1v) is 6.23. The van der Waals surface area contributed by atoms with Crippen LogP contribution >= 0.6 is 0 Å². The largest absolute Gasteiger partial charge is 0.494 e. The number of benzene rings is 1. The summed E-state index contributed by atoms with van der Waals surface area (Å²) < 4.78 is 11.4. The van der Waals surface area contributed by atoms with E-state index < -0.39 is 0 Å². The lowest BCUT2D eigenvalue weighted by molar-refractivity contribution is -0.0389. The Balaban J connectivity index is 2.23. The van der Waals surface area contributed by atoms with Crippen LogP contribution in [0, 0.1) is 0 Å². The number of morpholine rings is 1. The summed E-state index contributed by atoms with van der Waals surface area (Å²) in [6.07, 6.45) is 0.0802. The molecule has 94 valence electrons. The number of rotatable bonds is 3. The van der Waals surface area contributed by atoms with Crippen molar-refractivity contribution in [3.63, 3.8) is 0 Å². The second-order valence-corrected chi connectivity index (χ2v) is 4.90. The Kier molecular flexibility index (Phi) is 3.69.